The molecule has 1 aliphatic rings. The Labute approximate surface area is 105 Å². The zero-order valence-corrected chi connectivity index (χ0v) is 10.3. The van der Waals surface area contributed by atoms with Crippen molar-refractivity contribution in [3.63, 3.8) is 0 Å². The van der Waals surface area contributed by atoms with E-state index in [1.165, 1.54) is 0 Å². The Morgan fingerprint density at radius 1 is 1.44 bits per heavy atom. The van der Waals surface area contributed by atoms with Crippen molar-refractivity contribution in [3.05, 3.63) is 27.2 Å². The average Bonchev–Trinajstić information content (AvgIpc) is 2.38. The number of aryl methyl sites for hydroxylation is 1. The van der Waals surface area contributed by atoms with Gasteiger partial charge in [0.05, 0.1) is 5.69 Å². The molecule has 0 bridgehead atoms. The summed E-state index contributed by atoms with van der Waals surface area (Å²) in [6, 6.07) is 0. The molecule has 0 spiro atoms. The lowest BCUT2D eigenvalue weighted by atomic mass is 9.93. The molecule has 0 saturated heterocycles. The molecule has 1 aliphatic carbocycles. The van der Waals surface area contributed by atoms with Crippen LogP contribution >= 0.6 is 0 Å². The first-order valence-electron chi connectivity index (χ1n) is 6.02. The molecule has 1 aromatic rings. The highest BCUT2D eigenvalue weighted by atomic mass is 16.1. The lowest BCUT2D eigenvalue weighted by Crippen LogP contribution is -2.29. The summed E-state index contributed by atoms with van der Waals surface area (Å²) < 4.78 is 0. The Balaban J connectivity index is 2.23. The summed E-state index contributed by atoms with van der Waals surface area (Å²) >= 11 is 0. The van der Waals surface area contributed by atoms with Gasteiger partial charge in [-0.1, -0.05) is 5.92 Å². The Kier molecular flexibility index (Phi) is 3.78. The molecule has 0 unspecified atom stereocenters. The van der Waals surface area contributed by atoms with E-state index in [4.69, 9.17) is 0 Å². The third-order valence-corrected chi connectivity index (χ3v) is 3.03. The number of carbonyl (C=O) groups is 1. The Morgan fingerprint density at radius 3 is 3.00 bits per heavy atom. The molecule has 0 radical (unpaired) electrons. The van der Waals surface area contributed by atoms with Crippen LogP contribution in [-0.2, 0) is 24.2 Å². The minimum Gasteiger partial charge on any atom is -0.341 e. The van der Waals surface area contributed by atoms with Crippen LogP contribution in [0.5, 0.6) is 0 Å². The van der Waals surface area contributed by atoms with Crippen LogP contribution < -0.4 is 10.9 Å². The van der Waals surface area contributed by atoms with Gasteiger partial charge in [-0.2, -0.15) is 5.10 Å². The van der Waals surface area contributed by atoms with E-state index in [2.05, 4.69) is 27.4 Å². The van der Waals surface area contributed by atoms with Gasteiger partial charge in [0.15, 0.2) is 0 Å². The predicted octanol–water partition coefficient (Wildman–Crippen LogP) is 0.288. The third-order valence-electron chi connectivity index (χ3n) is 3.03. The van der Waals surface area contributed by atoms with Crippen molar-refractivity contribution in [2.24, 2.45) is 0 Å². The van der Waals surface area contributed by atoms with E-state index < -0.39 is 0 Å². The van der Waals surface area contributed by atoms with Crippen molar-refractivity contribution in [3.8, 4) is 11.8 Å². The number of aromatic nitrogens is 2. The normalized spacial score (nSPS) is 13.2. The van der Waals surface area contributed by atoms with E-state index in [9.17, 15) is 9.59 Å². The van der Waals surface area contributed by atoms with Crippen molar-refractivity contribution < 1.29 is 4.79 Å². The fraction of sp³-hybridized carbons (Fsp3) is 0.462. The molecule has 1 amide bonds. The van der Waals surface area contributed by atoms with Gasteiger partial charge >= 0.3 is 0 Å². The summed E-state index contributed by atoms with van der Waals surface area (Å²) in [5, 5.41) is 9.19. The molecule has 2 N–H and O–H groups in total. The van der Waals surface area contributed by atoms with Crippen LogP contribution in [0.2, 0.25) is 0 Å². The summed E-state index contributed by atoms with van der Waals surface area (Å²) in [7, 11) is 0. The number of aromatic amines is 1. The monoisotopic (exact) mass is 245 g/mol. The van der Waals surface area contributed by atoms with Crippen LogP contribution in [0, 0.1) is 11.8 Å². The predicted molar refractivity (Wildman–Crippen MR) is 66.8 cm³/mol. The van der Waals surface area contributed by atoms with Crippen LogP contribution in [-0.4, -0.2) is 16.1 Å². The lowest BCUT2D eigenvalue weighted by molar-refractivity contribution is -0.115. The molecular formula is C13H15N3O2. The first-order valence-corrected chi connectivity index (χ1v) is 6.02. The van der Waals surface area contributed by atoms with Crippen molar-refractivity contribution in [1.29, 1.82) is 0 Å². The molecule has 1 aromatic heterocycles. The number of nitrogens with zero attached hydrogens (tertiary/aromatic N) is 1. The Morgan fingerprint density at radius 2 is 2.22 bits per heavy atom. The number of H-pyrrole nitrogens is 1. The summed E-state index contributed by atoms with van der Waals surface area (Å²) in [6.07, 6.45) is 3.91. The van der Waals surface area contributed by atoms with Crippen molar-refractivity contribution >= 4 is 5.91 Å². The van der Waals surface area contributed by atoms with E-state index in [1.807, 2.05) is 0 Å². The van der Waals surface area contributed by atoms with Gasteiger partial charge in [0, 0.05) is 12.1 Å². The van der Waals surface area contributed by atoms with Gasteiger partial charge in [-0.25, -0.2) is 5.10 Å². The molecule has 5 nitrogen and oxygen atoms in total. The summed E-state index contributed by atoms with van der Waals surface area (Å²) in [4.78, 5) is 23.0. The highest BCUT2D eigenvalue weighted by Crippen LogP contribution is 2.19. The molecule has 2 rings (SSSR count). The van der Waals surface area contributed by atoms with Crippen LogP contribution in [0.3, 0.4) is 0 Å². The molecule has 5 heteroatoms. The fourth-order valence-corrected chi connectivity index (χ4v) is 2.17. The molecule has 0 saturated carbocycles. The first kappa shape index (κ1) is 12.4. The zero-order valence-electron chi connectivity index (χ0n) is 10.3. The van der Waals surface area contributed by atoms with E-state index in [0.29, 0.717) is 5.56 Å². The van der Waals surface area contributed by atoms with E-state index in [1.54, 1.807) is 6.92 Å². The first-order chi connectivity index (χ1) is 8.72. The number of hydrogen-bond acceptors (Lipinski definition) is 3. The van der Waals surface area contributed by atoms with Gasteiger partial charge in [0.1, 0.15) is 0 Å². The minimum atomic E-state index is -0.363. The van der Waals surface area contributed by atoms with Crippen LogP contribution in [0.4, 0.5) is 0 Å². The van der Waals surface area contributed by atoms with Gasteiger partial charge in [-0.05, 0) is 44.1 Å². The van der Waals surface area contributed by atoms with Crippen molar-refractivity contribution in [1.82, 2.24) is 15.5 Å². The maximum absolute atomic E-state index is 11.8. The molecule has 0 fully saturated rings. The number of nitrogens with one attached hydrogen (secondary N) is 2. The summed E-state index contributed by atoms with van der Waals surface area (Å²) in [6.45, 7) is 1.81. The summed E-state index contributed by atoms with van der Waals surface area (Å²) in [5.41, 5.74) is 2.34. The van der Waals surface area contributed by atoms with E-state index in [0.717, 1.165) is 36.9 Å². The average molecular weight is 245 g/mol. The van der Waals surface area contributed by atoms with Crippen molar-refractivity contribution in [2.75, 3.05) is 0 Å². The quantitative estimate of drug-likeness (QED) is 0.735. The van der Waals surface area contributed by atoms with Crippen molar-refractivity contribution in [2.45, 2.75) is 39.2 Å². The topological polar surface area (TPSA) is 74.8 Å². The van der Waals surface area contributed by atoms with Gasteiger partial charge in [0.25, 0.3) is 11.5 Å². The van der Waals surface area contributed by atoms with Gasteiger partial charge in [0.2, 0.25) is 0 Å². The SMILES string of the molecule is CC#CC(=O)NCc1c2c(n[nH]c1=O)CCCC2. The van der Waals surface area contributed by atoms with Gasteiger partial charge in [-0.15, -0.1) is 0 Å². The highest BCUT2D eigenvalue weighted by Gasteiger charge is 2.17. The number of fused-ring (bicyclic) bond motifs is 1. The van der Waals surface area contributed by atoms with Crippen LogP contribution in [0.1, 0.15) is 36.6 Å². The molecule has 1 heterocycles. The van der Waals surface area contributed by atoms with Crippen LogP contribution in [0.15, 0.2) is 4.79 Å². The second kappa shape index (κ2) is 5.50. The third kappa shape index (κ3) is 2.59. The number of rotatable bonds is 2. The van der Waals surface area contributed by atoms with E-state index in [-0.39, 0.29) is 18.0 Å². The second-order valence-electron chi connectivity index (χ2n) is 4.22. The molecule has 0 atom stereocenters. The maximum Gasteiger partial charge on any atom is 0.296 e. The standard InChI is InChI=1S/C13H15N3O2/c1-2-5-12(17)14-8-10-9-6-3-4-7-11(9)15-16-13(10)18/h3-4,6-8H2,1H3,(H,14,17)(H,16,18). The number of amides is 1. The smallest absolute Gasteiger partial charge is 0.296 e. The molecule has 0 aromatic carbocycles. The molecule has 18 heavy (non-hydrogen) atoms. The van der Waals surface area contributed by atoms with Crippen LogP contribution in [0.25, 0.3) is 0 Å². The largest absolute Gasteiger partial charge is 0.341 e. The Bertz CT molecular complexity index is 578. The fourth-order valence-electron chi connectivity index (χ4n) is 2.17. The minimum absolute atomic E-state index is 0.216. The number of hydrogen-bond donors (Lipinski definition) is 2. The Hall–Kier alpha value is -2.09. The highest BCUT2D eigenvalue weighted by molar-refractivity contribution is 5.93. The molecule has 0 aliphatic heterocycles. The molecular weight excluding hydrogens is 230 g/mol. The lowest BCUT2D eigenvalue weighted by Gasteiger charge is -2.17. The van der Waals surface area contributed by atoms with E-state index >= 15 is 0 Å². The van der Waals surface area contributed by atoms with Gasteiger partial charge < -0.3 is 5.32 Å². The van der Waals surface area contributed by atoms with Gasteiger partial charge in [-0.3, -0.25) is 9.59 Å². The maximum atomic E-state index is 11.8. The summed E-state index contributed by atoms with van der Waals surface area (Å²) in [5.74, 6) is 4.55. The molecule has 94 valence electrons. The number of carbonyl (C=O) groups excluding carboxylic acids is 1. The second-order valence-corrected chi connectivity index (χ2v) is 4.22. The zero-order chi connectivity index (χ0) is 13.0.